The van der Waals surface area contributed by atoms with E-state index in [2.05, 4.69) is 21.2 Å². The van der Waals surface area contributed by atoms with E-state index in [0.717, 1.165) is 0 Å². The van der Waals surface area contributed by atoms with Crippen molar-refractivity contribution in [3.05, 3.63) is 67.4 Å². The van der Waals surface area contributed by atoms with Crippen molar-refractivity contribution in [1.29, 1.82) is 0 Å². The van der Waals surface area contributed by atoms with E-state index >= 15 is 0 Å². The van der Waals surface area contributed by atoms with Gasteiger partial charge in [-0.25, -0.2) is 4.39 Å². The first kappa shape index (κ1) is 14.7. The number of hydrogen-bond donors (Lipinski definition) is 1. The summed E-state index contributed by atoms with van der Waals surface area (Å²) < 4.78 is 13.4. The maximum absolute atomic E-state index is 13.1. The fraction of sp³-hybridized carbons (Fsp3) is 0.0769. The zero-order valence-electron chi connectivity index (χ0n) is 10.1. The van der Waals surface area contributed by atoms with Crippen LogP contribution in [0.15, 0.2) is 40.9 Å². The van der Waals surface area contributed by atoms with Gasteiger partial charge in [0.1, 0.15) is 10.8 Å². The Kier molecular flexibility index (Phi) is 4.57. The first-order valence-corrected chi connectivity index (χ1v) is 6.76. The van der Waals surface area contributed by atoms with Gasteiger partial charge >= 0.3 is 0 Å². The van der Waals surface area contributed by atoms with Crippen molar-refractivity contribution in [3.8, 4) is 0 Å². The van der Waals surface area contributed by atoms with E-state index in [1.165, 1.54) is 18.2 Å². The Morgan fingerprint density at radius 3 is 2.70 bits per heavy atom. The standard InChI is InChI=1S/C13H9BrClFN2O2/c14-10-6-9(2-4-12(10)16)17-7-8-1-3-11(15)13(5-8)18(19)20/h1-6,17H,7H2. The molecule has 0 saturated carbocycles. The summed E-state index contributed by atoms with van der Waals surface area (Å²) in [5, 5.41) is 13.9. The molecule has 0 bridgehead atoms. The molecule has 20 heavy (non-hydrogen) atoms. The van der Waals surface area contributed by atoms with Crippen LogP contribution < -0.4 is 5.32 Å². The lowest BCUT2D eigenvalue weighted by Gasteiger charge is -2.07. The van der Waals surface area contributed by atoms with Gasteiger partial charge in [0.05, 0.1) is 9.40 Å². The van der Waals surface area contributed by atoms with Gasteiger partial charge in [-0.1, -0.05) is 17.7 Å². The lowest BCUT2D eigenvalue weighted by molar-refractivity contribution is -0.384. The van der Waals surface area contributed by atoms with E-state index in [9.17, 15) is 14.5 Å². The molecule has 0 aliphatic heterocycles. The summed E-state index contributed by atoms with van der Waals surface area (Å²) in [5.74, 6) is -0.349. The highest BCUT2D eigenvalue weighted by molar-refractivity contribution is 9.10. The summed E-state index contributed by atoms with van der Waals surface area (Å²) >= 11 is 8.83. The molecule has 0 radical (unpaired) electrons. The van der Waals surface area contributed by atoms with E-state index in [1.54, 1.807) is 18.2 Å². The van der Waals surface area contributed by atoms with Crippen LogP contribution in [0.1, 0.15) is 5.56 Å². The number of nitrogens with zero attached hydrogens (tertiary/aromatic N) is 1. The molecule has 0 saturated heterocycles. The molecule has 104 valence electrons. The second-order valence-electron chi connectivity index (χ2n) is 4.03. The summed E-state index contributed by atoms with van der Waals surface area (Å²) in [7, 11) is 0. The zero-order chi connectivity index (χ0) is 14.7. The number of nitro groups is 1. The maximum Gasteiger partial charge on any atom is 0.288 e. The van der Waals surface area contributed by atoms with Crippen molar-refractivity contribution in [3.63, 3.8) is 0 Å². The summed E-state index contributed by atoms with van der Waals surface area (Å²) in [6.07, 6.45) is 0. The van der Waals surface area contributed by atoms with Crippen molar-refractivity contribution in [2.24, 2.45) is 0 Å². The third-order valence-corrected chi connectivity index (χ3v) is 3.55. The molecular weight excluding hydrogens is 351 g/mol. The van der Waals surface area contributed by atoms with Crippen LogP contribution in [0.4, 0.5) is 15.8 Å². The third kappa shape index (κ3) is 3.46. The Labute approximate surface area is 127 Å². The molecule has 2 aromatic rings. The third-order valence-electron chi connectivity index (χ3n) is 2.62. The van der Waals surface area contributed by atoms with Crippen molar-refractivity contribution in [2.45, 2.75) is 6.54 Å². The summed E-state index contributed by atoms with van der Waals surface area (Å²) in [6.45, 7) is 0.371. The Morgan fingerprint density at radius 1 is 1.30 bits per heavy atom. The van der Waals surface area contributed by atoms with Gasteiger partial charge < -0.3 is 5.32 Å². The number of rotatable bonds is 4. The molecule has 0 aromatic heterocycles. The highest BCUT2D eigenvalue weighted by atomic mass is 79.9. The zero-order valence-corrected chi connectivity index (χ0v) is 12.4. The number of anilines is 1. The van der Waals surface area contributed by atoms with Gasteiger partial charge in [0, 0.05) is 18.3 Å². The Morgan fingerprint density at radius 2 is 2.05 bits per heavy atom. The van der Waals surface area contributed by atoms with Crippen LogP contribution >= 0.6 is 27.5 Å². The first-order chi connectivity index (χ1) is 9.47. The van der Waals surface area contributed by atoms with Crippen LogP contribution in [0, 0.1) is 15.9 Å². The molecule has 0 atom stereocenters. The van der Waals surface area contributed by atoms with E-state index < -0.39 is 4.92 Å². The van der Waals surface area contributed by atoms with Gasteiger partial charge in [-0.3, -0.25) is 10.1 Å². The second kappa shape index (κ2) is 6.19. The largest absolute Gasteiger partial charge is 0.381 e. The molecule has 2 aromatic carbocycles. The number of benzene rings is 2. The maximum atomic E-state index is 13.1. The van der Waals surface area contributed by atoms with Gasteiger partial charge in [-0.05, 0) is 45.8 Å². The van der Waals surface area contributed by atoms with Crippen molar-refractivity contribution in [1.82, 2.24) is 0 Å². The van der Waals surface area contributed by atoms with Gasteiger partial charge in [0.15, 0.2) is 0 Å². The Balaban J connectivity index is 2.12. The SMILES string of the molecule is O=[N+]([O-])c1cc(CNc2ccc(F)c(Br)c2)ccc1Cl. The number of hydrogen-bond acceptors (Lipinski definition) is 3. The average Bonchev–Trinajstić information content (AvgIpc) is 2.41. The molecule has 1 N–H and O–H groups in total. The van der Waals surface area contributed by atoms with Gasteiger partial charge in [-0.15, -0.1) is 0 Å². The average molecular weight is 360 g/mol. The predicted molar refractivity (Wildman–Crippen MR) is 79.5 cm³/mol. The monoisotopic (exact) mass is 358 g/mol. The molecular formula is C13H9BrClFN2O2. The lowest BCUT2D eigenvalue weighted by atomic mass is 10.2. The lowest BCUT2D eigenvalue weighted by Crippen LogP contribution is -2.00. The molecule has 0 aliphatic carbocycles. The highest BCUT2D eigenvalue weighted by Gasteiger charge is 2.12. The van der Waals surface area contributed by atoms with Crippen LogP contribution in [0.3, 0.4) is 0 Å². The molecule has 0 fully saturated rings. The number of nitrogens with one attached hydrogen (secondary N) is 1. The Bertz CT molecular complexity index is 667. The van der Waals surface area contributed by atoms with Crippen molar-refractivity contribution < 1.29 is 9.31 Å². The quantitative estimate of drug-likeness (QED) is 0.632. The van der Waals surface area contributed by atoms with Crippen LogP contribution in [-0.2, 0) is 6.54 Å². The van der Waals surface area contributed by atoms with Crippen LogP contribution in [0.5, 0.6) is 0 Å². The number of nitro benzene ring substituents is 1. The minimum Gasteiger partial charge on any atom is -0.381 e. The summed E-state index contributed by atoms with van der Waals surface area (Å²) in [4.78, 5) is 10.3. The molecule has 4 nitrogen and oxygen atoms in total. The Hall–Kier alpha value is -1.66. The predicted octanol–water partition coefficient (Wildman–Crippen LogP) is 4.76. The fourth-order valence-corrected chi connectivity index (χ4v) is 2.18. The molecule has 0 amide bonds. The van der Waals surface area contributed by atoms with E-state index in [1.807, 2.05) is 0 Å². The highest BCUT2D eigenvalue weighted by Crippen LogP contribution is 2.26. The summed E-state index contributed by atoms with van der Waals surface area (Å²) in [5.41, 5.74) is 1.28. The van der Waals surface area contributed by atoms with Crippen molar-refractivity contribution >= 4 is 38.9 Å². The van der Waals surface area contributed by atoms with E-state index in [-0.39, 0.29) is 16.5 Å². The van der Waals surface area contributed by atoms with Crippen LogP contribution in [0.25, 0.3) is 0 Å². The topological polar surface area (TPSA) is 55.2 Å². The van der Waals surface area contributed by atoms with Gasteiger partial charge in [-0.2, -0.15) is 0 Å². The minimum absolute atomic E-state index is 0.100. The molecule has 0 heterocycles. The van der Waals surface area contributed by atoms with Gasteiger partial charge in [0.2, 0.25) is 0 Å². The normalized spacial score (nSPS) is 10.3. The molecule has 0 spiro atoms. The summed E-state index contributed by atoms with van der Waals surface area (Å²) in [6, 6.07) is 9.10. The molecule has 0 unspecified atom stereocenters. The van der Waals surface area contributed by atoms with Crippen LogP contribution in [0.2, 0.25) is 5.02 Å². The molecule has 0 aliphatic rings. The van der Waals surface area contributed by atoms with Crippen molar-refractivity contribution in [2.75, 3.05) is 5.32 Å². The minimum atomic E-state index is -0.527. The second-order valence-corrected chi connectivity index (χ2v) is 5.29. The van der Waals surface area contributed by atoms with Crippen LogP contribution in [-0.4, -0.2) is 4.92 Å². The number of halogens is 3. The van der Waals surface area contributed by atoms with E-state index in [4.69, 9.17) is 11.6 Å². The molecule has 7 heteroatoms. The van der Waals surface area contributed by atoms with Gasteiger partial charge in [0.25, 0.3) is 5.69 Å². The fourth-order valence-electron chi connectivity index (χ4n) is 1.62. The van der Waals surface area contributed by atoms with E-state index in [0.29, 0.717) is 22.3 Å². The first-order valence-electron chi connectivity index (χ1n) is 5.59. The molecule has 2 rings (SSSR count). The smallest absolute Gasteiger partial charge is 0.288 e.